The van der Waals surface area contributed by atoms with Crippen molar-refractivity contribution in [3.63, 3.8) is 0 Å². The fraction of sp³-hybridized carbons (Fsp3) is 0.700. The van der Waals surface area contributed by atoms with Crippen LogP contribution in [-0.4, -0.2) is 48.3 Å². The zero-order valence-electron chi connectivity index (χ0n) is 10.3. The molecule has 0 aromatic rings. The Kier molecular flexibility index (Phi) is 5.60. The average Bonchev–Trinajstić information content (AvgIpc) is 2.14. The Morgan fingerprint density at radius 2 is 1.76 bits per heavy atom. The van der Waals surface area contributed by atoms with Crippen LogP contribution in [0.15, 0.2) is 0 Å². The number of ether oxygens (including phenoxy) is 2. The molecule has 0 aromatic carbocycles. The van der Waals surface area contributed by atoms with E-state index in [4.69, 9.17) is 9.84 Å². The first-order chi connectivity index (χ1) is 7.67. The van der Waals surface area contributed by atoms with Crippen LogP contribution in [0.2, 0.25) is 0 Å². The van der Waals surface area contributed by atoms with E-state index in [0.717, 1.165) is 7.11 Å². The molecule has 1 unspecified atom stereocenters. The van der Waals surface area contributed by atoms with E-state index in [1.165, 1.54) is 0 Å². The summed E-state index contributed by atoms with van der Waals surface area (Å²) in [5, 5.41) is 10.7. The van der Waals surface area contributed by atoms with Crippen molar-refractivity contribution in [2.24, 2.45) is 0 Å². The van der Waals surface area contributed by atoms with Crippen LogP contribution < -0.4 is 5.32 Å². The molecule has 1 atom stereocenters. The van der Waals surface area contributed by atoms with Gasteiger partial charge in [0.25, 0.3) is 0 Å². The number of hydrogen-bond donors (Lipinski definition) is 2. The van der Waals surface area contributed by atoms with Crippen molar-refractivity contribution >= 4 is 17.9 Å². The van der Waals surface area contributed by atoms with E-state index in [-0.39, 0.29) is 0 Å². The van der Waals surface area contributed by atoms with Gasteiger partial charge in [0.2, 0.25) is 6.04 Å². The Bertz CT molecular complexity index is 306. The zero-order chi connectivity index (χ0) is 13.6. The average molecular weight is 247 g/mol. The summed E-state index contributed by atoms with van der Waals surface area (Å²) in [6.45, 7) is 4.36. The van der Waals surface area contributed by atoms with Gasteiger partial charge in [-0.25, -0.2) is 9.59 Å². The smallest absolute Gasteiger partial charge is 0.335 e. The molecular formula is C10H17NO6. The second-order valence-electron chi connectivity index (χ2n) is 4.26. The van der Waals surface area contributed by atoms with Gasteiger partial charge in [-0.2, -0.15) is 0 Å². The van der Waals surface area contributed by atoms with E-state index >= 15 is 0 Å². The van der Waals surface area contributed by atoms with Crippen molar-refractivity contribution in [2.45, 2.75) is 32.4 Å². The first-order valence-electron chi connectivity index (χ1n) is 4.93. The molecular weight excluding hydrogens is 230 g/mol. The highest BCUT2D eigenvalue weighted by Gasteiger charge is 2.32. The van der Waals surface area contributed by atoms with E-state index in [2.05, 4.69) is 10.1 Å². The topological polar surface area (TPSA) is 102 Å². The van der Waals surface area contributed by atoms with Gasteiger partial charge in [-0.05, 0) is 20.8 Å². The lowest BCUT2D eigenvalue weighted by Gasteiger charge is -2.22. The summed E-state index contributed by atoms with van der Waals surface area (Å²) in [6.07, 6.45) is 0. The highest BCUT2D eigenvalue weighted by molar-refractivity contribution is 5.99. The molecule has 0 heterocycles. The van der Waals surface area contributed by atoms with Crippen molar-refractivity contribution in [3.05, 3.63) is 0 Å². The summed E-state index contributed by atoms with van der Waals surface area (Å²) in [7, 11) is 1.10. The van der Waals surface area contributed by atoms with Gasteiger partial charge in [-0.3, -0.25) is 10.1 Å². The van der Waals surface area contributed by atoms with E-state index in [1.807, 2.05) is 0 Å². The lowest BCUT2D eigenvalue weighted by molar-refractivity contribution is -0.164. The number of hydrogen-bond acceptors (Lipinski definition) is 6. The largest absolute Gasteiger partial charge is 0.480 e. The van der Waals surface area contributed by atoms with Gasteiger partial charge in [0.05, 0.1) is 13.7 Å². The first-order valence-corrected chi connectivity index (χ1v) is 4.93. The Labute approximate surface area is 99.1 Å². The molecule has 0 aliphatic carbocycles. The maximum absolute atomic E-state index is 11.6. The molecule has 7 heteroatoms. The van der Waals surface area contributed by atoms with Crippen molar-refractivity contribution < 1.29 is 29.0 Å². The van der Waals surface area contributed by atoms with Gasteiger partial charge in [-0.15, -0.1) is 0 Å². The molecule has 0 spiro atoms. The molecule has 98 valence electrons. The van der Waals surface area contributed by atoms with Gasteiger partial charge >= 0.3 is 17.9 Å². The normalized spacial score (nSPS) is 12.7. The highest BCUT2D eigenvalue weighted by Crippen LogP contribution is 2.08. The molecule has 0 fully saturated rings. The summed E-state index contributed by atoms with van der Waals surface area (Å²) in [5.41, 5.74) is -0.770. The molecule has 0 aromatic heterocycles. The predicted octanol–water partition coefficient (Wildman–Crippen LogP) is -0.456. The molecule has 2 N–H and O–H groups in total. The van der Waals surface area contributed by atoms with Gasteiger partial charge in [0.15, 0.2) is 0 Å². The Morgan fingerprint density at radius 1 is 1.24 bits per heavy atom. The Balaban J connectivity index is 4.62. The van der Waals surface area contributed by atoms with Gasteiger partial charge in [-0.1, -0.05) is 0 Å². The fourth-order valence-corrected chi connectivity index (χ4v) is 0.931. The number of carboxylic acid groups (broad SMARTS) is 1. The second-order valence-corrected chi connectivity index (χ2v) is 4.26. The van der Waals surface area contributed by atoms with Crippen LogP contribution in [0, 0.1) is 0 Å². The maximum atomic E-state index is 11.6. The molecule has 0 aliphatic heterocycles. The summed E-state index contributed by atoms with van der Waals surface area (Å²) < 4.78 is 9.34. The number of esters is 2. The molecule has 0 aliphatic rings. The molecule has 0 saturated carbocycles. The standard InChI is InChI=1S/C10H17NO6/c1-10(2,3)17-9(15)7(8(14)16-4)11-5-6(12)13/h7,11H,5H2,1-4H3,(H,12,13). The summed E-state index contributed by atoms with van der Waals surface area (Å²) in [4.78, 5) is 33.2. The minimum Gasteiger partial charge on any atom is -0.480 e. The third-order valence-corrected chi connectivity index (χ3v) is 1.54. The van der Waals surface area contributed by atoms with Crippen LogP contribution in [0.5, 0.6) is 0 Å². The number of carbonyl (C=O) groups is 3. The fourth-order valence-electron chi connectivity index (χ4n) is 0.931. The minimum atomic E-state index is -1.43. The maximum Gasteiger partial charge on any atom is 0.335 e. The van der Waals surface area contributed by atoms with Gasteiger partial charge < -0.3 is 14.6 Å². The van der Waals surface area contributed by atoms with Crippen LogP contribution in [0.25, 0.3) is 0 Å². The number of rotatable bonds is 5. The molecule has 0 radical (unpaired) electrons. The van der Waals surface area contributed by atoms with Crippen LogP contribution in [0.4, 0.5) is 0 Å². The monoisotopic (exact) mass is 247 g/mol. The summed E-state index contributed by atoms with van der Waals surface area (Å²) in [5.74, 6) is -2.95. The number of aliphatic carboxylic acids is 1. The highest BCUT2D eigenvalue weighted by atomic mass is 16.6. The van der Waals surface area contributed by atoms with E-state index in [9.17, 15) is 14.4 Å². The van der Waals surface area contributed by atoms with E-state index in [0.29, 0.717) is 0 Å². The molecule has 0 bridgehead atoms. The first kappa shape index (κ1) is 15.4. The molecule has 7 nitrogen and oxygen atoms in total. The van der Waals surface area contributed by atoms with Crippen LogP contribution in [0.1, 0.15) is 20.8 Å². The van der Waals surface area contributed by atoms with Crippen LogP contribution in [-0.2, 0) is 23.9 Å². The third kappa shape index (κ3) is 6.52. The zero-order valence-corrected chi connectivity index (χ0v) is 10.3. The SMILES string of the molecule is COC(=O)C(NCC(=O)O)C(=O)OC(C)(C)C. The van der Waals surface area contributed by atoms with Crippen molar-refractivity contribution in [1.29, 1.82) is 0 Å². The lowest BCUT2D eigenvalue weighted by Crippen LogP contribution is -2.48. The summed E-state index contributed by atoms with van der Waals surface area (Å²) in [6, 6.07) is -1.43. The Hall–Kier alpha value is -1.63. The van der Waals surface area contributed by atoms with Crippen LogP contribution >= 0.6 is 0 Å². The van der Waals surface area contributed by atoms with Gasteiger partial charge in [0, 0.05) is 0 Å². The van der Waals surface area contributed by atoms with Crippen LogP contribution in [0.3, 0.4) is 0 Å². The number of carboxylic acids is 1. The number of methoxy groups -OCH3 is 1. The quantitative estimate of drug-likeness (QED) is 0.500. The van der Waals surface area contributed by atoms with E-state index in [1.54, 1.807) is 20.8 Å². The van der Waals surface area contributed by atoms with Crippen molar-refractivity contribution in [1.82, 2.24) is 5.32 Å². The number of nitrogens with one attached hydrogen (secondary N) is 1. The van der Waals surface area contributed by atoms with E-state index < -0.39 is 36.1 Å². The van der Waals surface area contributed by atoms with Crippen molar-refractivity contribution in [3.8, 4) is 0 Å². The molecule has 0 amide bonds. The lowest BCUT2D eigenvalue weighted by atomic mass is 10.2. The van der Waals surface area contributed by atoms with Gasteiger partial charge in [0.1, 0.15) is 5.60 Å². The minimum absolute atomic E-state index is 0.543. The predicted molar refractivity (Wildman–Crippen MR) is 57.3 cm³/mol. The summed E-state index contributed by atoms with van der Waals surface area (Å²) >= 11 is 0. The molecule has 17 heavy (non-hydrogen) atoms. The second kappa shape index (κ2) is 6.19. The molecule has 0 saturated heterocycles. The Morgan fingerprint density at radius 3 is 2.12 bits per heavy atom. The number of carbonyl (C=O) groups excluding carboxylic acids is 2. The van der Waals surface area contributed by atoms with Crippen molar-refractivity contribution in [2.75, 3.05) is 13.7 Å². The molecule has 0 rings (SSSR count). The third-order valence-electron chi connectivity index (χ3n) is 1.54.